The van der Waals surface area contributed by atoms with Crippen molar-refractivity contribution in [1.82, 2.24) is 5.32 Å². The SMILES string of the molecule is C/C(Cl)=C(\C)CCNC(c1ccccc1)(c1ccccc1)c1ccccc1. The van der Waals surface area contributed by atoms with Gasteiger partial charge in [0.15, 0.2) is 0 Å². The lowest BCUT2D eigenvalue weighted by atomic mass is 9.77. The number of rotatable bonds is 7. The average molecular weight is 376 g/mol. The van der Waals surface area contributed by atoms with E-state index in [-0.39, 0.29) is 0 Å². The molecule has 0 atom stereocenters. The Morgan fingerprint density at radius 3 is 1.41 bits per heavy atom. The molecule has 0 saturated carbocycles. The molecule has 3 aromatic rings. The summed E-state index contributed by atoms with van der Waals surface area (Å²) in [6.45, 7) is 4.88. The molecule has 0 amide bonds. The number of hydrogen-bond acceptors (Lipinski definition) is 1. The molecule has 0 heterocycles. The minimum Gasteiger partial charge on any atom is -0.300 e. The third kappa shape index (κ3) is 4.32. The molecule has 3 rings (SSSR count). The fourth-order valence-corrected chi connectivity index (χ4v) is 3.57. The molecule has 0 saturated heterocycles. The Balaban J connectivity index is 2.12. The van der Waals surface area contributed by atoms with E-state index in [0.717, 1.165) is 18.0 Å². The Morgan fingerprint density at radius 2 is 1.07 bits per heavy atom. The van der Waals surface area contributed by atoms with Crippen LogP contribution in [0.5, 0.6) is 0 Å². The zero-order chi connectivity index (χ0) is 19.1. The maximum absolute atomic E-state index is 6.18. The van der Waals surface area contributed by atoms with Gasteiger partial charge in [-0.3, -0.25) is 5.32 Å². The van der Waals surface area contributed by atoms with E-state index in [1.165, 1.54) is 22.3 Å². The summed E-state index contributed by atoms with van der Waals surface area (Å²) >= 11 is 6.18. The summed E-state index contributed by atoms with van der Waals surface area (Å²) in [7, 11) is 0. The van der Waals surface area contributed by atoms with Gasteiger partial charge in [-0.1, -0.05) is 108 Å². The van der Waals surface area contributed by atoms with Gasteiger partial charge in [-0.15, -0.1) is 0 Å². The van der Waals surface area contributed by atoms with E-state index >= 15 is 0 Å². The van der Waals surface area contributed by atoms with E-state index in [4.69, 9.17) is 11.6 Å². The van der Waals surface area contributed by atoms with Crippen molar-refractivity contribution in [1.29, 1.82) is 0 Å². The van der Waals surface area contributed by atoms with Gasteiger partial charge in [0, 0.05) is 11.6 Å². The average Bonchev–Trinajstić information content (AvgIpc) is 2.73. The first-order valence-electron chi connectivity index (χ1n) is 9.38. The van der Waals surface area contributed by atoms with Crippen LogP contribution < -0.4 is 5.32 Å². The third-order valence-corrected chi connectivity index (χ3v) is 5.42. The minimum absolute atomic E-state index is 0.412. The maximum Gasteiger partial charge on any atom is 0.0948 e. The number of nitrogens with one attached hydrogen (secondary N) is 1. The maximum atomic E-state index is 6.18. The van der Waals surface area contributed by atoms with Crippen LogP contribution in [0.25, 0.3) is 0 Å². The summed E-state index contributed by atoms with van der Waals surface area (Å²) in [6.07, 6.45) is 0.906. The minimum atomic E-state index is -0.412. The van der Waals surface area contributed by atoms with Crippen LogP contribution in [0.1, 0.15) is 37.0 Å². The van der Waals surface area contributed by atoms with E-state index in [0.29, 0.717) is 0 Å². The van der Waals surface area contributed by atoms with Crippen LogP contribution in [-0.4, -0.2) is 6.54 Å². The second-order valence-corrected chi connectivity index (χ2v) is 7.41. The van der Waals surface area contributed by atoms with Gasteiger partial charge in [-0.25, -0.2) is 0 Å². The van der Waals surface area contributed by atoms with Crippen LogP contribution >= 0.6 is 11.6 Å². The van der Waals surface area contributed by atoms with Crippen molar-refractivity contribution in [2.75, 3.05) is 6.54 Å². The highest BCUT2D eigenvalue weighted by atomic mass is 35.5. The molecule has 3 aromatic carbocycles. The molecule has 0 aromatic heterocycles. The van der Waals surface area contributed by atoms with Crippen molar-refractivity contribution in [3.8, 4) is 0 Å². The van der Waals surface area contributed by atoms with Crippen molar-refractivity contribution in [3.05, 3.63) is 118 Å². The van der Waals surface area contributed by atoms with E-state index < -0.39 is 5.54 Å². The predicted octanol–water partition coefficient (Wildman–Crippen LogP) is 6.49. The highest BCUT2D eigenvalue weighted by molar-refractivity contribution is 6.29. The molecule has 27 heavy (non-hydrogen) atoms. The van der Waals surface area contributed by atoms with Crippen LogP contribution in [0.3, 0.4) is 0 Å². The van der Waals surface area contributed by atoms with Gasteiger partial charge in [0.05, 0.1) is 5.54 Å². The molecule has 2 heteroatoms. The molecule has 138 valence electrons. The highest BCUT2D eigenvalue weighted by Crippen LogP contribution is 2.36. The first-order valence-corrected chi connectivity index (χ1v) is 9.76. The largest absolute Gasteiger partial charge is 0.300 e. The summed E-state index contributed by atoms with van der Waals surface area (Å²) in [4.78, 5) is 0. The fourth-order valence-electron chi connectivity index (χ4n) is 3.48. The molecule has 0 fully saturated rings. The smallest absolute Gasteiger partial charge is 0.0948 e. The second-order valence-electron chi connectivity index (χ2n) is 6.84. The van der Waals surface area contributed by atoms with Gasteiger partial charge in [0.1, 0.15) is 0 Å². The lowest BCUT2D eigenvalue weighted by Crippen LogP contribution is -2.45. The molecule has 0 aliphatic rings. The van der Waals surface area contributed by atoms with Crippen molar-refractivity contribution < 1.29 is 0 Å². The predicted molar refractivity (Wildman–Crippen MR) is 116 cm³/mol. The lowest BCUT2D eigenvalue weighted by molar-refractivity contribution is 0.475. The first kappa shape index (κ1) is 19.4. The van der Waals surface area contributed by atoms with Gasteiger partial charge >= 0.3 is 0 Å². The molecule has 0 aliphatic heterocycles. The monoisotopic (exact) mass is 375 g/mol. The molecule has 1 N–H and O–H groups in total. The Bertz CT molecular complexity index is 769. The molecule has 0 unspecified atom stereocenters. The molecule has 0 spiro atoms. The van der Waals surface area contributed by atoms with Crippen molar-refractivity contribution in [2.24, 2.45) is 0 Å². The molecular weight excluding hydrogens is 350 g/mol. The zero-order valence-corrected chi connectivity index (χ0v) is 16.7. The van der Waals surface area contributed by atoms with Crippen LogP contribution in [0.2, 0.25) is 0 Å². The zero-order valence-electron chi connectivity index (χ0n) is 16.0. The lowest BCUT2D eigenvalue weighted by Gasteiger charge is -2.37. The first-order chi connectivity index (χ1) is 13.1. The second kappa shape index (κ2) is 9.03. The Labute approximate surface area is 167 Å². The van der Waals surface area contributed by atoms with Crippen molar-refractivity contribution in [3.63, 3.8) is 0 Å². The van der Waals surface area contributed by atoms with Crippen molar-refractivity contribution in [2.45, 2.75) is 25.8 Å². The quantitative estimate of drug-likeness (QED) is 0.465. The number of halogens is 1. The topological polar surface area (TPSA) is 12.0 Å². The number of hydrogen-bond donors (Lipinski definition) is 1. The molecule has 0 bridgehead atoms. The van der Waals surface area contributed by atoms with Crippen molar-refractivity contribution >= 4 is 11.6 Å². The van der Waals surface area contributed by atoms with Gasteiger partial charge in [-0.2, -0.15) is 0 Å². The summed E-state index contributed by atoms with van der Waals surface area (Å²) in [5, 5.41) is 4.75. The van der Waals surface area contributed by atoms with E-state index in [1.54, 1.807) is 0 Å². The summed E-state index contributed by atoms with van der Waals surface area (Å²) in [6, 6.07) is 32.0. The summed E-state index contributed by atoms with van der Waals surface area (Å²) in [5.41, 5.74) is 4.49. The Morgan fingerprint density at radius 1 is 0.704 bits per heavy atom. The van der Waals surface area contributed by atoms with Gasteiger partial charge in [0.25, 0.3) is 0 Å². The van der Waals surface area contributed by atoms with Gasteiger partial charge in [0.2, 0.25) is 0 Å². The number of benzene rings is 3. The van der Waals surface area contributed by atoms with Crippen LogP contribution in [-0.2, 0) is 5.54 Å². The summed E-state index contributed by atoms with van der Waals surface area (Å²) < 4.78 is 0. The summed E-state index contributed by atoms with van der Waals surface area (Å²) in [5.74, 6) is 0. The normalized spacial score (nSPS) is 12.6. The molecule has 1 nitrogen and oxygen atoms in total. The fraction of sp³-hybridized carbons (Fsp3) is 0.200. The van der Waals surface area contributed by atoms with E-state index in [1.807, 2.05) is 6.92 Å². The third-order valence-electron chi connectivity index (χ3n) is 5.10. The van der Waals surface area contributed by atoms with Crippen LogP contribution in [0, 0.1) is 0 Å². The Kier molecular flexibility index (Phi) is 6.49. The number of allylic oxidation sites excluding steroid dienone is 1. The van der Waals surface area contributed by atoms with Gasteiger partial charge < -0.3 is 0 Å². The van der Waals surface area contributed by atoms with Gasteiger partial charge in [-0.05, 0) is 37.0 Å². The highest BCUT2D eigenvalue weighted by Gasteiger charge is 2.35. The van der Waals surface area contributed by atoms with Crippen LogP contribution in [0.15, 0.2) is 102 Å². The van der Waals surface area contributed by atoms with E-state index in [2.05, 4.69) is 103 Å². The molecule has 0 aliphatic carbocycles. The molecule has 0 radical (unpaired) electrons. The van der Waals surface area contributed by atoms with Crippen LogP contribution in [0.4, 0.5) is 0 Å². The Hall–Kier alpha value is -2.35. The van der Waals surface area contributed by atoms with E-state index in [9.17, 15) is 0 Å². The standard InChI is InChI=1S/C25H26ClN/c1-20(21(2)26)18-19-27-25(22-12-6-3-7-13-22,23-14-8-4-9-15-23)24-16-10-5-11-17-24/h3-17,27H,18-19H2,1-2H3/b21-20-. The molecular formula is C25H26ClN.